The molecule has 0 saturated heterocycles. The molecule has 0 aliphatic carbocycles. The zero-order chi connectivity index (χ0) is 13.0. The lowest BCUT2D eigenvalue weighted by Gasteiger charge is -2.00. The molecule has 92 valence electrons. The van der Waals surface area contributed by atoms with Gasteiger partial charge in [-0.2, -0.15) is 0 Å². The van der Waals surface area contributed by atoms with E-state index < -0.39 is 5.97 Å². The molecule has 7 heteroatoms. The van der Waals surface area contributed by atoms with E-state index in [2.05, 4.69) is 15.4 Å². The summed E-state index contributed by atoms with van der Waals surface area (Å²) in [6.45, 7) is -0.297. The zero-order valence-electron chi connectivity index (χ0n) is 9.28. The van der Waals surface area contributed by atoms with Crippen LogP contribution in [0.4, 0.5) is 5.95 Å². The number of amides is 1. The number of nitrogens with one attached hydrogen (secondary N) is 1. The topological polar surface area (TPSA) is 97.1 Å². The highest BCUT2D eigenvalue weighted by molar-refractivity contribution is 6.03. The van der Waals surface area contributed by atoms with Crippen LogP contribution in [0.3, 0.4) is 0 Å². The Morgan fingerprint density at radius 2 is 2.00 bits per heavy atom. The molecule has 2 rings (SSSR count). The van der Waals surface area contributed by atoms with Gasteiger partial charge in [0.2, 0.25) is 5.95 Å². The molecular weight excluding hydrogens is 236 g/mol. The van der Waals surface area contributed by atoms with Gasteiger partial charge in [-0.1, -0.05) is 18.2 Å². The molecule has 2 N–H and O–H groups in total. The quantitative estimate of drug-likeness (QED) is 0.824. The molecule has 2 aromatic rings. The van der Waals surface area contributed by atoms with Crippen LogP contribution < -0.4 is 5.32 Å². The molecule has 1 aromatic heterocycles. The van der Waals surface area contributed by atoms with Crippen molar-refractivity contribution in [3.05, 3.63) is 42.2 Å². The van der Waals surface area contributed by atoms with Crippen LogP contribution in [-0.4, -0.2) is 31.7 Å². The second-order valence-corrected chi connectivity index (χ2v) is 3.48. The molecule has 0 atom stereocenters. The minimum absolute atomic E-state index is 0.0742. The van der Waals surface area contributed by atoms with Crippen molar-refractivity contribution in [1.29, 1.82) is 0 Å². The number of carbonyl (C=O) groups excluding carboxylic acids is 1. The normalized spacial score (nSPS) is 10.0. The summed E-state index contributed by atoms with van der Waals surface area (Å²) in [5, 5.41) is 14.8. The van der Waals surface area contributed by atoms with Crippen LogP contribution in [0.1, 0.15) is 10.4 Å². The number of carbonyl (C=O) groups is 2. The summed E-state index contributed by atoms with van der Waals surface area (Å²) < 4.78 is 1.13. The molecule has 0 radical (unpaired) electrons. The largest absolute Gasteiger partial charge is 0.480 e. The number of nitrogens with zero attached hydrogens (tertiary/aromatic N) is 3. The van der Waals surface area contributed by atoms with Crippen molar-refractivity contribution in [3.63, 3.8) is 0 Å². The lowest BCUT2D eigenvalue weighted by atomic mass is 10.2. The number of anilines is 1. The third-order valence-corrected chi connectivity index (χ3v) is 2.10. The van der Waals surface area contributed by atoms with Crippen molar-refractivity contribution < 1.29 is 14.7 Å². The van der Waals surface area contributed by atoms with Crippen LogP contribution in [0, 0.1) is 0 Å². The average Bonchev–Trinajstić information content (AvgIpc) is 2.76. The molecular formula is C11H10N4O3. The first-order valence-electron chi connectivity index (χ1n) is 5.13. The van der Waals surface area contributed by atoms with Gasteiger partial charge in [0.15, 0.2) is 0 Å². The molecule has 1 heterocycles. The smallest absolute Gasteiger partial charge is 0.325 e. The Morgan fingerprint density at radius 3 is 2.67 bits per heavy atom. The van der Waals surface area contributed by atoms with Crippen LogP contribution >= 0.6 is 0 Å². The Balaban J connectivity index is 2.04. The van der Waals surface area contributed by atoms with E-state index in [1.807, 2.05) is 0 Å². The predicted molar refractivity (Wildman–Crippen MR) is 62.1 cm³/mol. The molecule has 7 nitrogen and oxygen atoms in total. The van der Waals surface area contributed by atoms with Gasteiger partial charge < -0.3 is 5.11 Å². The van der Waals surface area contributed by atoms with Gasteiger partial charge in [0, 0.05) is 5.56 Å². The fraction of sp³-hybridized carbons (Fsp3) is 0.0909. The number of carboxylic acids is 1. The molecule has 0 unspecified atom stereocenters. The summed E-state index contributed by atoms with van der Waals surface area (Å²) >= 11 is 0. The first-order valence-corrected chi connectivity index (χ1v) is 5.13. The van der Waals surface area contributed by atoms with Crippen LogP contribution in [0.15, 0.2) is 36.7 Å². The lowest BCUT2D eigenvalue weighted by molar-refractivity contribution is -0.137. The van der Waals surface area contributed by atoms with E-state index in [1.165, 1.54) is 6.33 Å². The molecule has 1 aromatic carbocycles. The summed E-state index contributed by atoms with van der Waals surface area (Å²) in [7, 11) is 0. The Bertz CT molecular complexity index is 565. The fourth-order valence-corrected chi connectivity index (χ4v) is 1.33. The Labute approximate surface area is 102 Å². The van der Waals surface area contributed by atoms with Gasteiger partial charge in [0.25, 0.3) is 5.91 Å². The monoisotopic (exact) mass is 246 g/mol. The summed E-state index contributed by atoms with van der Waals surface area (Å²) in [6, 6.07) is 8.60. The second-order valence-electron chi connectivity index (χ2n) is 3.48. The number of hydrogen-bond acceptors (Lipinski definition) is 4. The molecule has 0 bridgehead atoms. The molecule has 0 saturated carbocycles. The maximum absolute atomic E-state index is 11.7. The fourth-order valence-electron chi connectivity index (χ4n) is 1.33. The van der Waals surface area contributed by atoms with Gasteiger partial charge in [0.1, 0.15) is 12.9 Å². The van der Waals surface area contributed by atoms with Gasteiger partial charge in [-0.3, -0.25) is 14.9 Å². The van der Waals surface area contributed by atoms with Gasteiger partial charge in [-0.05, 0) is 12.1 Å². The first kappa shape index (κ1) is 11.8. The number of rotatable bonds is 4. The summed E-state index contributed by atoms with van der Waals surface area (Å²) in [4.78, 5) is 26.0. The number of hydrogen-bond donors (Lipinski definition) is 2. The van der Waals surface area contributed by atoms with Crippen molar-refractivity contribution in [2.24, 2.45) is 0 Å². The van der Waals surface area contributed by atoms with Crippen LogP contribution in [0.25, 0.3) is 0 Å². The molecule has 0 aliphatic rings. The van der Waals surface area contributed by atoms with Crippen molar-refractivity contribution in [2.75, 3.05) is 5.32 Å². The van der Waals surface area contributed by atoms with E-state index in [-0.39, 0.29) is 18.4 Å². The molecule has 18 heavy (non-hydrogen) atoms. The molecule has 1 amide bonds. The van der Waals surface area contributed by atoms with E-state index in [0.717, 1.165) is 4.68 Å². The van der Waals surface area contributed by atoms with Crippen LogP contribution in [0.5, 0.6) is 0 Å². The summed E-state index contributed by atoms with van der Waals surface area (Å²) in [5.74, 6) is -1.30. The highest BCUT2D eigenvalue weighted by Gasteiger charge is 2.09. The molecule has 0 fully saturated rings. The maximum Gasteiger partial charge on any atom is 0.325 e. The number of carboxylic acid groups (broad SMARTS) is 1. The van der Waals surface area contributed by atoms with Crippen molar-refractivity contribution in [2.45, 2.75) is 6.54 Å². The number of benzene rings is 1. The predicted octanol–water partition coefficient (Wildman–Crippen LogP) is 0.615. The van der Waals surface area contributed by atoms with Crippen molar-refractivity contribution in [1.82, 2.24) is 14.8 Å². The zero-order valence-corrected chi connectivity index (χ0v) is 9.28. The van der Waals surface area contributed by atoms with Crippen LogP contribution in [-0.2, 0) is 11.3 Å². The molecule has 0 aliphatic heterocycles. The van der Waals surface area contributed by atoms with E-state index in [9.17, 15) is 9.59 Å². The average molecular weight is 246 g/mol. The Hall–Kier alpha value is -2.70. The minimum atomic E-state index is -1.03. The minimum Gasteiger partial charge on any atom is -0.480 e. The SMILES string of the molecule is O=C(O)Cn1cnc(NC(=O)c2ccccc2)n1. The number of aliphatic carboxylic acids is 1. The third kappa shape index (κ3) is 2.91. The van der Waals surface area contributed by atoms with Gasteiger partial charge in [-0.15, -0.1) is 5.10 Å². The van der Waals surface area contributed by atoms with Crippen molar-refractivity contribution >= 4 is 17.8 Å². The summed E-state index contributed by atoms with van der Waals surface area (Å²) in [5.41, 5.74) is 0.479. The van der Waals surface area contributed by atoms with Gasteiger partial charge >= 0.3 is 5.97 Å². The first-order chi connectivity index (χ1) is 8.65. The Morgan fingerprint density at radius 1 is 1.28 bits per heavy atom. The van der Waals surface area contributed by atoms with E-state index in [4.69, 9.17) is 5.11 Å². The number of aromatic nitrogens is 3. The van der Waals surface area contributed by atoms with E-state index in [0.29, 0.717) is 5.56 Å². The highest BCUT2D eigenvalue weighted by Crippen LogP contribution is 2.03. The van der Waals surface area contributed by atoms with Gasteiger partial charge in [-0.25, -0.2) is 9.67 Å². The Kier molecular flexibility index (Phi) is 3.33. The van der Waals surface area contributed by atoms with E-state index in [1.54, 1.807) is 30.3 Å². The van der Waals surface area contributed by atoms with Crippen molar-refractivity contribution in [3.8, 4) is 0 Å². The summed E-state index contributed by atoms with van der Waals surface area (Å²) in [6.07, 6.45) is 1.24. The maximum atomic E-state index is 11.7. The standard InChI is InChI=1S/C11H10N4O3/c16-9(17)6-15-7-12-11(14-15)13-10(18)8-4-2-1-3-5-8/h1-5,7H,6H2,(H,16,17)(H,13,14,18). The van der Waals surface area contributed by atoms with E-state index >= 15 is 0 Å². The third-order valence-electron chi connectivity index (χ3n) is 2.10. The molecule has 0 spiro atoms. The second kappa shape index (κ2) is 5.09. The van der Waals surface area contributed by atoms with Gasteiger partial charge in [0.05, 0.1) is 0 Å². The highest BCUT2D eigenvalue weighted by atomic mass is 16.4. The lowest BCUT2D eigenvalue weighted by Crippen LogP contribution is -2.14. The van der Waals surface area contributed by atoms with Crippen LogP contribution in [0.2, 0.25) is 0 Å².